The van der Waals surface area contributed by atoms with E-state index in [0.29, 0.717) is 34.5 Å². The van der Waals surface area contributed by atoms with Crippen molar-refractivity contribution in [3.05, 3.63) is 80.5 Å². The lowest BCUT2D eigenvalue weighted by molar-refractivity contribution is -0.384. The van der Waals surface area contributed by atoms with E-state index in [9.17, 15) is 19.7 Å². The zero-order valence-corrected chi connectivity index (χ0v) is 23.7. The van der Waals surface area contributed by atoms with Gasteiger partial charge in [0.25, 0.3) is 5.69 Å². The van der Waals surface area contributed by atoms with Crippen LogP contribution in [0.2, 0.25) is 0 Å². The number of unbranched alkanes of at least 4 members (excludes halogenated alkanes) is 13. The molecular weight excluding hydrogens is 488 g/mol. The number of ketones is 2. The maximum atomic E-state index is 13.6. The number of nitro groups is 1. The number of carbonyl (C=O) groups excluding carboxylic acids is 2. The van der Waals surface area contributed by atoms with Gasteiger partial charge in [-0.1, -0.05) is 109 Å². The standard InChI is InChI=1S/C33H44N2O4/c1-3-4-5-6-7-8-9-10-11-12-13-14-15-16-19-29-31(34-26-21-23-27(24-22-26)35(38)39)33(37)28-20-17-18-25(2)30(28)32(29)36/h17-18,20-24,34H,3-16,19H2,1-2H3. The molecule has 0 atom stereocenters. The molecule has 0 radical (unpaired) electrons. The highest BCUT2D eigenvalue weighted by Crippen LogP contribution is 2.32. The van der Waals surface area contributed by atoms with Crippen LogP contribution in [0.25, 0.3) is 0 Å². The van der Waals surface area contributed by atoms with E-state index in [0.717, 1.165) is 24.8 Å². The topological polar surface area (TPSA) is 89.3 Å². The lowest BCUT2D eigenvalue weighted by Gasteiger charge is -2.23. The van der Waals surface area contributed by atoms with Crippen molar-refractivity contribution in [2.75, 3.05) is 5.32 Å². The molecule has 0 heterocycles. The van der Waals surface area contributed by atoms with Crippen LogP contribution in [-0.4, -0.2) is 16.5 Å². The summed E-state index contributed by atoms with van der Waals surface area (Å²) in [6.07, 6.45) is 18.2. The third kappa shape index (κ3) is 8.87. The first-order chi connectivity index (χ1) is 18.9. The predicted molar refractivity (Wildman–Crippen MR) is 159 cm³/mol. The van der Waals surface area contributed by atoms with E-state index in [-0.39, 0.29) is 17.3 Å². The number of fused-ring (bicyclic) bond motifs is 1. The summed E-state index contributed by atoms with van der Waals surface area (Å²) < 4.78 is 0. The second kappa shape index (κ2) is 16.0. The number of carbonyl (C=O) groups is 2. The van der Waals surface area contributed by atoms with Gasteiger partial charge in [0.2, 0.25) is 5.78 Å². The molecular formula is C33H44N2O4. The molecule has 1 aliphatic carbocycles. The van der Waals surface area contributed by atoms with E-state index in [1.807, 2.05) is 13.0 Å². The van der Waals surface area contributed by atoms with E-state index >= 15 is 0 Å². The number of rotatable bonds is 18. The molecule has 1 N–H and O–H groups in total. The first kappa shape index (κ1) is 30.3. The van der Waals surface area contributed by atoms with Crippen molar-refractivity contribution in [2.45, 2.75) is 110 Å². The van der Waals surface area contributed by atoms with Crippen LogP contribution < -0.4 is 5.32 Å². The first-order valence-corrected chi connectivity index (χ1v) is 14.9. The molecule has 1 aliphatic rings. The summed E-state index contributed by atoms with van der Waals surface area (Å²) in [5.41, 5.74) is 3.04. The van der Waals surface area contributed by atoms with Crippen LogP contribution in [-0.2, 0) is 0 Å². The molecule has 0 aromatic heterocycles. The van der Waals surface area contributed by atoms with Gasteiger partial charge in [-0.15, -0.1) is 0 Å². The fourth-order valence-corrected chi connectivity index (χ4v) is 5.37. The second-order valence-electron chi connectivity index (χ2n) is 10.8. The van der Waals surface area contributed by atoms with Crippen molar-refractivity contribution >= 4 is 22.9 Å². The second-order valence-corrected chi connectivity index (χ2v) is 10.8. The first-order valence-electron chi connectivity index (χ1n) is 14.9. The van der Waals surface area contributed by atoms with Crippen LogP contribution >= 0.6 is 0 Å². The smallest absolute Gasteiger partial charge is 0.269 e. The van der Waals surface area contributed by atoms with Crippen LogP contribution in [0.15, 0.2) is 53.7 Å². The maximum absolute atomic E-state index is 13.6. The van der Waals surface area contributed by atoms with Gasteiger partial charge in [0.15, 0.2) is 5.78 Å². The summed E-state index contributed by atoms with van der Waals surface area (Å²) in [7, 11) is 0. The Labute approximate surface area is 233 Å². The maximum Gasteiger partial charge on any atom is 0.269 e. The Bertz CT molecular complexity index is 1150. The number of hydrogen-bond donors (Lipinski definition) is 1. The highest BCUT2D eigenvalue weighted by Gasteiger charge is 2.33. The fourth-order valence-electron chi connectivity index (χ4n) is 5.37. The minimum atomic E-state index is -0.460. The van der Waals surface area contributed by atoms with Gasteiger partial charge in [0.1, 0.15) is 0 Å². The SMILES string of the molecule is CCCCCCCCCCCCCCCCC1=C(Nc2ccc([N+](=O)[O-])cc2)C(=O)c2cccc(C)c2C1=O. The van der Waals surface area contributed by atoms with Gasteiger partial charge in [-0.2, -0.15) is 0 Å². The zero-order chi connectivity index (χ0) is 28.0. The van der Waals surface area contributed by atoms with Gasteiger partial charge in [0.05, 0.1) is 10.6 Å². The molecule has 0 saturated carbocycles. The molecule has 3 rings (SSSR count). The predicted octanol–water partition coefficient (Wildman–Crippen LogP) is 9.52. The molecule has 210 valence electrons. The molecule has 0 unspecified atom stereocenters. The Kier molecular flexibility index (Phi) is 12.4. The van der Waals surface area contributed by atoms with E-state index in [1.54, 1.807) is 24.3 Å². The van der Waals surface area contributed by atoms with Gasteiger partial charge in [-0.05, 0) is 37.5 Å². The number of nitrogens with one attached hydrogen (secondary N) is 1. The lowest BCUT2D eigenvalue weighted by Crippen LogP contribution is -2.27. The summed E-state index contributed by atoms with van der Waals surface area (Å²) in [5.74, 6) is -0.297. The Balaban J connectivity index is 1.52. The van der Waals surface area contributed by atoms with E-state index in [1.165, 1.54) is 82.8 Å². The Hall–Kier alpha value is -3.28. The number of Topliss-reactive ketones (excluding diaryl/α,β-unsaturated/α-hetero) is 2. The Morgan fingerprint density at radius 2 is 1.26 bits per heavy atom. The molecule has 39 heavy (non-hydrogen) atoms. The van der Waals surface area contributed by atoms with Gasteiger partial charge in [0, 0.05) is 34.5 Å². The van der Waals surface area contributed by atoms with Gasteiger partial charge < -0.3 is 5.32 Å². The molecule has 2 aromatic rings. The molecule has 0 aliphatic heterocycles. The summed E-state index contributed by atoms with van der Waals surface area (Å²) >= 11 is 0. The molecule has 0 amide bonds. The Morgan fingerprint density at radius 1 is 0.718 bits per heavy atom. The lowest BCUT2D eigenvalue weighted by atomic mass is 9.82. The highest BCUT2D eigenvalue weighted by atomic mass is 16.6. The number of nitrogens with zero attached hydrogens (tertiary/aromatic N) is 1. The van der Waals surface area contributed by atoms with Crippen molar-refractivity contribution in [2.24, 2.45) is 0 Å². The van der Waals surface area contributed by atoms with Crippen molar-refractivity contribution in [1.82, 2.24) is 0 Å². The molecule has 0 fully saturated rings. The van der Waals surface area contributed by atoms with Crippen molar-refractivity contribution in [3.63, 3.8) is 0 Å². The molecule has 0 spiro atoms. The van der Waals surface area contributed by atoms with Crippen molar-refractivity contribution < 1.29 is 14.5 Å². The number of anilines is 1. The number of aryl methyl sites for hydroxylation is 1. The van der Waals surface area contributed by atoms with Crippen LogP contribution in [0.3, 0.4) is 0 Å². The van der Waals surface area contributed by atoms with Crippen LogP contribution in [0.1, 0.15) is 130 Å². The van der Waals surface area contributed by atoms with Crippen molar-refractivity contribution in [3.8, 4) is 0 Å². The average Bonchev–Trinajstić information content (AvgIpc) is 2.93. The minimum absolute atomic E-state index is 0.0239. The number of nitro benzene ring substituents is 1. The van der Waals surface area contributed by atoms with Crippen LogP contribution in [0, 0.1) is 17.0 Å². The molecule has 2 aromatic carbocycles. The molecule has 0 saturated heterocycles. The van der Waals surface area contributed by atoms with Crippen LogP contribution in [0.4, 0.5) is 11.4 Å². The van der Waals surface area contributed by atoms with E-state index in [4.69, 9.17) is 0 Å². The average molecular weight is 533 g/mol. The van der Waals surface area contributed by atoms with Crippen molar-refractivity contribution in [1.29, 1.82) is 0 Å². The summed E-state index contributed by atoms with van der Waals surface area (Å²) in [4.78, 5) is 37.6. The van der Waals surface area contributed by atoms with E-state index in [2.05, 4.69) is 12.2 Å². The largest absolute Gasteiger partial charge is 0.352 e. The summed E-state index contributed by atoms with van der Waals surface area (Å²) in [6, 6.07) is 11.3. The normalized spacial score (nSPS) is 13.1. The number of hydrogen-bond acceptors (Lipinski definition) is 5. The van der Waals surface area contributed by atoms with Gasteiger partial charge in [-0.25, -0.2) is 0 Å². The quantitative estimate of drug-likeness (QED) is 0.117. The van der Waals surface area contributed by atoms with Gasteiger partial charge in [-0.3, -0.25) is 19.7 Å². The third-order valence-corrected chi connectivity index (χ3v) is 7.68. The van der Waals surface area contributed by atoms with E-state index < -0.39 is 4.92 Å². The Morgan fingerprint density at radius 3 is 1.79 bits per heavy atom. The fraction of sp³-hybridized carbons (Fsp3) is 0.515. The third-order valence-electron chi connectivity index (χ3n) is 7.68. The molecule has 6 heteroatoms. The van der Waals surface area contributed by atoms with Crippen LogP contribution in [0.5, 0.6) is 0 Å². The monoisotopic (exact) mass is 532 g/mol. The summed E-state index contributed by atoms with van der Waals surface area (Å²) in [6.45, 7) is 4.12. The zero-order valence-electron chi connectivity index (χ0n) is 23.7. The molecule has 0 bridgehead atoms. The number of allylic oxidation sites excluding steroid dienone is 2. The highest BCUT2D eigenvalue weighted by molar-refractivity contribution is 6.28. The number of benzene rings is 2. The molecule has 6 nitrogen and oxygen atoms in total. The number of non-ortho nitro benzene ring substituents is 1. The van der Waals surface area contributed by atoms with Gasteiger partial charge >= 0.3 is 0 Å². The minimum Gasteiger partial charge on any atom is -0.352 e. The summed E-state index contributed by atoms with van der Waals surface area (Å²) in [5, 5.41) is 14.1.